The Balaban J connectivity index is 1.37. The van der Waals surface area contributed by atoms with Crippen LogP contribution >= 0.6 is 0 Å². The normalized spacial score (nSPS) is 14.7. The number of carbonyl (C=O) groups is 2. The molecular weight excluding hydrogens is 467 g/mol. The van der Waals surface area contributed by atoms with E-state index in [0.29, 0.717) is 24.5 Å². The lowest BCUT2D eigenvalue weighted by molar-refractivity contribution is -0.384. The van der Waals surface area contributed by atoms with E-state index in [0.717, 1.165) is 23.0 Å². The van der Waals surface area contributed by atoms with Crippen molar-refractivity contribution in [2.24, 2.45) is 13.0 Å². The Morgan fingerprint density at radius 3 is 2.43 bits per heavy atom. The van der Waals surface area contributed by atoms with E-state index in [4.69, 9.17) is 0 Å². The van der Waals surface area contributed by atoms with Gasteiger partial charge in [-0.3, -0.25) is 30.6 Å². The van der Waals surface area contributed by atoms with E-state index >= 15 is 0 Å². The zero-order valence-electron chi connectivity index (χ0n) is 18.6. The fraction of sp³-hybridized carbons (Fsp3) is 0.304. The van der Waals surface area contributed by atoms with Crippen molar-refractivity contribution in [2.45, 2.75) is 19.0 Å². The van der Waals surface area contributed by atoms with E-state index in [9.17, 15) is 32.9 Å². The number of piperidine rings is 1. The molecule has 0 unspecified atom stereocenters. The second-order valence-electron chi connectivity index (χ2n) is 8.33. The number of hydrogen-bond acceptors (Lipinski definition) is 5. The van der Waals surface area contributed by atoms with Crippen molar-refractivity contribution in [1.29, 1.82) is 0 Å². The van der Waals surface area contributed by atoms with Crippen LogP contribution < -0.4 is 15.8 Å². The molecule has 184 valence electrons. The van der Waals surface area contributed by atoms with Crippen LogP contribution in [0.25, 0.3) is 10.9 Å². The highest BCUT2D eigenvalue weighted by Gasteiger charge is 2.35. The average Bonchev–Trinajstić information content (AvgIpc) is 3.18. The van der Waals surface area contributed by atoms with Gasteiger partial charge in [-0.25, -0.2) is 0 Å². The lowest BCUT2D eigenvalue weighted by Gasteiger charge is -2.32. The van der Waals surface area contributed by atoms with Gasteiger partial charge in [-0.2, -0.15) is 13.2 Å². The van der Waals surface area contributed by atoms with E-state index < -0.39 is 40.1 Å². The zero-order chi connectivity index (χ0) is 25.3. The zero-order valence-corrected chi connectivity index (χ0v) is 18.6. The van der Waals surface area contributed by atoms with Gasteiger partial charge >= 0.3 is 6.18 Å². The van der Waals surface area contributed by atoms with Gasteiger partial charge in [0.1, 0.15) is 5.69 Å². The maximum absolute atomic E-state index is 12.9. The van der Waals surface area contributed by atoms with Crippen molar-refractivity contribution in [3.63, 3.8) is 0 Å². The Kier molecular flexibility index (Phi) is 6.37. The van der Waals surface area contributed by atoms with Gasteiger partial charge in [-0.05, 0) is 31.0 Å². The number of hydrogen-bond donors (Lipinski definition) is 2. The molecular formula is C23H22F3N5O4. The quantitative estimate of drug-likeness (QED) is 0.428. The molecule has 0 saturated carbocycles. The second kappa shape index (κ2) is 9.28. The Hall–Kier alpha value is -4.09. The smallest absolute Gasteiger partial charge is 0.366 e. The summed E-state index contributed by atoms with van der Waals surface area (Å²) in [6, 6.07) is 9.78. The largest absolute Gasteiger partial charge is 0.416 e. The molecule has 0 spiro atoms. The van der Waals surface area contributed by atoms with Crippen molar-refractivity contribution in [1.82, 2.24) is 15.4 Å². The van der Waals surface area contributed by atoms with Crippen molar-refractivity contribution < 1.29 is 27.7 Å². The minimum absolute atomic E-state index is 0.0751. The Morgan fingerprint density at radius 1 is 1.09 bits per heavy atom. The van der Waals surface area contributed by atoms with Crippen LogP contribution in [0.15, 0.2) is 48.7 Å². The van der Waals surface area contributed by atoms with Gasteiger partial charge in [-0.1, -0.05) is 18.2 Å². The summed E-state index contributed by atoms with van der Waals surface area (Å²) in [5.74, 6) is -1.33. The number of nitrogens with one attached hydrogen (secondary N) is 2. The van der Waals surface area contributed by atoms with Gasteiger partial charge in [0.15, 0.2) is 0 Å². The van der Waals surface area contributed by atoms with Crippen LogP contribution in [0.3, 0.4) is 0 Å². The number of nitro groups is 1. The molecule has 2 N–H and O–H groups in total. The van der Waals surface area contributed by atoms with Crippen molar-refractivity contribution in [2.75, 3.05) is 18.0 Å². The maximum atomic E-state index is 12.9. The first-order chi connectivity index (χ1) is 16.6. The van der Waals surface area contributed by atoms with Crippen LogP contribution in [0, 0.1) is 16.0 Å². The number of amides is 2. The third kappa shape index (κ3) is 4.91. The predicted molar refractivity (Wildman–Crippen MR) is 122 cm³/mol. The molecule has 3 aromatic rings. The summed E-state index contributed by atoms with van der Waals surface area (Å²) >= 11 is 0. The molecule has 4 rings (SSSR count). The molecule has 0 aliphatic carbocycles. The third-order valence-corrected chi connectivity index (χ3v) is 6.15. The molecule has 35 heavy (non-hydrogen) atoms. The van der Waals surface area contributed by atoms with Crippen molar-refractivity contribution in [3.05, 3.63) is 69.9 Å². The van der Waals surface area contributed by atoms with Crippen LogP contribution in [0.4, 0.5) is 24.5 Å². The number of para-hydroxylation sites is 1. The number of nitrogens with zero attached hydrogens (tertiary/aromatic N) is 3. The molecule has 0 radical (unpaired) electrons. The summed E-state index contributed by atoms with van der Waals surface area (Å²) in [6.45, 7) is 0.475. The standard InChI is InChI=1S/C23H22F3N5O4/c1-29-13-17(16-4-2-3-5-18(16)29)22(33)28-27-21(32)14-8-10-30(11-9-14)19-7-6-15(23(24,25)26)12-20(19)31(34)35/h2-7,12-14H,8-11H2,1H3,(H,27,32)(H,28,33). The van der Waals surface area contributed by atoms with E-state index in [1.807, 2.05) is 35.9 Å². The summed E-state index contributed by atoms with van der Waals surface area (Å²) < 4.78 is 40.7. The molecule has 1 saturated heterocycles. The number of rotatable bonds is 4. The molecule has 0 atom stereocenters. The number of aromatic nitrogens is 1. The van der Waals surface area contributed by atoms with Crippen LogP contribution in [0.1, 0.15) is 28.8 Å². The molecule has 12 heteroatoms. The highest BCUT2D eigenvalue weighted by molar-refractivity contribution is 6.07. The van der Waals surface area contributed by atoms with Crippen LogP contribution in [0.5, 0.6) is 0 Å². The van der Waals surface area contributed by atoms with E-state index in [-0.39, 0.29) is 18.8 Å². The Labute approximate surface area is 197 Å². The molecule has 1 fully saturated rings. The highest BCUT2D eigenvalue weighted by Crippen LogP contribution is 2.37. The fourth-order valence-corrected chi connectivity index (χ4v) is 4.31. The van der Waals surface area contributed by atoms with Gasteiger partial charge in [0.25, 0.3) is 11.6 Å². The number of hydrazine groups is 1. The second-order valence-corrected chi connectivity index (χ2v) is 8.33. The fourth-order valence-electron chi connectivity index (χ4n) is 4.31. The van der Waals surface area contributed by atoms with Gasteiger partial charge in [-0.15, -0.1) is 0 Å². The number of carbonyl (C=O) groups excluding carboxylic acids is 2. The number of halogens is 3. The lowest BCUT2D eigenvalue weighted by Crippen LogP contribution is -2.47. The molecule has 2 aromatic carbocycles. The summed E-state index contributed by atoms with van der Waals surface area (Å²) in [7, 11) is 1.81. The summed E-state index contributed by atoms with van der Waals surface area (Å²) in [4.78, 5) is 37.3. The van der Waals surface area contributed by atoms with Crippen molar-refractivity contribution >= 4 is 34.1 Å². The van der Waals surface area contributed by atoms with Crippen LogP contribution in [-0.4, -0.2) is 34.4 Å². The van der Waals surface area contributed by atoms with Gasteiger partial charge in [0.2, 0.25) is 5.91 Å². The number of anilines is 1. The number of aryl methyl sites for hydroxylation is 1. The van der Waals surface area contributed by atoms with Gasteiger partial charge in [0.05, 0.1) is 16.1 Å². The molecule has 0 bridgehead atoms. The van der Waals surface area contributed by atoms with E-state index in [1.54, 1.807) is 11.1 Å². The third-order valence-electron chi connectivity index (χ3n) is 6.15. The molecule has 2 amide bonds. The minimum Gasteiger partial charge on any atom is -0.366 e. The maximum Gasteiger partial charge on any atom is 0.416 e. The Bertz CT molecular complexity index is 1300. The average molecular weight is 489 g/mol. The lowest BCUT2D eigenvalue weighted by atomic mass is 9.95. The summed E-state index contributed by atoms with van der Waals surface area (Å²) in [5, 5.41) is 12.1. The Morgan fingerprint density at radius 2 is 1.77 bits per heavy atom. The summed E-state index contributed by atoms with van der Waals surface area (Å²) in [6.07, 6.45) is -2.39. The van der Waals surface area contributed by atoms with Gasteiger partial charge in [0, 0.05) is 49.2 Å². The van der Waals surface area contributed by atoms with E-state index in [1.165, 1.54) is 0 Å². The SMILES string of the molecule is Cn1cc(C(=O)NNC(=O)C2CCN(c3ccc(C(F)(F)F)cc3[N+](=O)[O-])CC2)c2ccccc21. The summed E-state index contributed by atoms with van der Waals surface area (Å²) in [5.41, 5.74) is 4.49. The predicted octanol–water partition coefficient (Wildman–Crippen LogP) is 3.78. The first kappa shape index (κ1) is 24.0. The molecule has 1 aliphatic rings. The molecule has 9 nitrogen and oxygen atoms in total. The van der Waals surface area contributed by atoms with Gasteiger partial charge < -0.3 is 9.47 Å². The highest BCUT2D eigenvalue weighted by atomic mass is 19.4. The van der Waals surface area contributed by atoms with E-state index in [2.05, 4.69) is 10.9 Å². The number of benzene rings is 2. The number of alkyl halides is 3. The van der Waals surface area contributed by atoms with Crippen LogP contribution in [-0.2, 0) is 18.0 Å². The number of fused-ring (bicyclic) bond motifs is 1. The first-order valence-electron chi connectivity index (χ1n) is 10.8. The first-order valence-corrected chi connectivity index (χ1v) is 10.8. The van der Waals surface area contributed by atoms with Crippen molar-refractivity contribution in [3.8, 4) is 0 Å². The molecule has 2 heterocycles. The molecule has 1 aromatic heterocycles. The van der Waals surface area contributed by atoms with Crippen LogP contribution in [0.2, 0.25) is 0 Å². The monoisotopic (exact) mass is 489 g/mol. The molecule has 1 aliphatic heterocycles. The minimum atomic E-state index is -4.69. The number of nitro benzene ring substituents is 1. The topological polar surface area (TPSA) is 110 Å².